The van der Waals surface area contributed by atoms with Crippen molar-refractivity contribution in [2.75, 3.05) is 13.4 Å². The maximum Gasteiger partial charge on any atom is 0.423 e. The Hall–Kier alpha value is -0.640. The smallest absolute Gasteiger partial charge is 0.355 e. The first-order chi connectivity index (χ1) is 11.4. The molecule has 1 rings (SSSR count). The minimum atomic E-state index is -5.75. The molecule has 10 heteroatoms. The van der Waals surface area contributed by atoms with E-state index in [9.17, 15) is 35.1 Å². The molecule has 2 nitrogen and oxygen atoms in total. The van der Waals surface area contributed by atoms with Gasteiger partial charge < -0.3 is 9.47 Å². The molecule has 1 fully saturated rings. The summed E-state index contributed by atoms with van der Waals surface area (Å²) in [6.07, 6.45) is -8.68. The third-order valence-electron chi connectivity index (χ3n) is 4.61. The highest BCUT2D eigenvalue weighted by Crippen LogP contribution is 2.64. The number of hydrogen-bond donors (Lipinski definition) is 0. The van der Waals surface area contributed by atoms with E-state index in [2.05, 4.69) is 4.74 Å². The van der Waals surface area contributed by atoms with Crippen LogP contribution in [-0.4, -0.2) is 43.2 Å². The highest BCUT2D eigenvalue weighted by Gasteiger charge is 2.86. The lowest BCUT2D eigenvalue weighted by atomic mass is 9.90. The molecule has 0 aromatic heterocycles. The summed E-state index contributed by atoms with van der Waals surface area (Å²) in [6, 6.07) is 0. The molecule has 1 aliphatic rings. The first-order valence-electron chi connectivity index (χ1n) is 8.01. The second-order valence-electron chi connectivity index (χ2n) is 6.30. The van der Waals surface area contributed by atoms with Crippen LogP contribution in [0.5, 0.6) is 0 Å². The molecule has 0 amide bonds. The van der Waals surface area contributed by atoms with Gasteiger partial charge in [0.15, 0.2) is 0 Å². The van der Waals surface area contributed by atoms with E-state index in [0.717, 1.165) is 19.3 Å². The Morgan fingerprint density at radius 1 is 1.08 bits per heavy atom. The number of rotatable bonds is 9. The summed E-state index contributed by atoms with van der Waals surface area (Å²) in [5.74, 6) is -7.72. The molecule has 0 saturated heterocycles. The minimum absolute atomic E-state index is 0.0370. The van der Waals surface area contributed by atoms with Gasteiger partial charge in [0.05, 0.1) is 0 Å². The van der Waals surface area contributed by atoms with Crippen molar-refractivity contribution in [3.8, 4) is 0 Å². The topological polar surface area (TPSA) is 18.5 Å². The van der Waals surface area contributed by atoms with Gasteiger partial charge in [-0.1, -0.05) is 33.1 Å². The summed E-state index contributed by atoms with van der Waals surface area (Å²) >= 11 is 0. The summed E-state index contributed by atoms with van der Waals surface area (Å²) in [4.78, 5) is 0. The van der Waals surface area contributed by atoms with Crippen LogP contribution in [0.4, 0.5) is 35.1 Å². The van der Waals surface area contributed by atoms with E-state index in [1.54, 1.807) is 0 Å². The van der Waals surface area contributed by atoms with Gasteiger partial charge in [-0.15, -0.1) is 0 Å². The zero-order valence-electron chi connectivity index (χ0n) is 13.9. The largest absolute Gasteiger partial charge is 0.423 e. The molecule has 3 atom stereocenters. The molecule has 0 bridgehead atoms. The van der Waals surface area contributed by atoms with E-state index in [1.165, 1.54) is 0 Å². The van der Waals surface area contributed by atoms with Gasteiger partial charge in [0.25, 0.3) is 6.43 Å². The molecule has 0 heterocycles. The van der Waals surface area contributed by atoms with Crippen LogP contribution < -0.4 is 0 Å². The lowest BCUT2D eigenvalue weighted by Gasteiger charge is -2.39. The highest BCUT2D eigenvalue weighted by atomic mass is 19.4. The van der Waals surface area contributed by atoms with Gasteiger partial charge in [-0.05, 0) is 12.8 Å². The second kappa shape index (κ2) is 7.94. The predicted octanol–water partition coefficient (Wildman–Crippen LogP) is 5.51. The van der Waals surface area contributed by atoms with Crippen LogP contribution in [0, 0.1) is 5.92 Å². The lowest BCUT2D eigenvalue weighted by Crippen LogP contribution is -2.64. The van der Waals surface area contributed by atoms with Gasteiger partial charge in [0.1, 0.15) is 6.79 Å². The van der Waals surface area contributed by atoms with Crippen molar-refractivity contribution < 1.29 is 44.6 Å². The fourth-order valence-corrected chi connectivity index (χ4v) is 3.04. The van der Waals surface area contributed by atoms with E-state index in [-0.39, 0.29) is 6.61 Å². The van der Waals surface area contributed by atoms with E-state index in [0.29, 0.717) is 13.3 Å². The van der Waals surface area contributed by atoms with E-state index in [1.807, 2.05) is 6.92 Å². The number of ether oxygens (including phenoxy) is 2. The SMILES string of the molecule is CCCCCCOCOC1(C(F)(F)F)CC(C)C(F)(C(F)F)C1(F)F. The molecule has 0 aromatic carbocycles. The predicted molar refractivity (Wildman–Crippen MR) is 73.4 cm³/mol. The van der Waals surface area contributed by atoms with E-state index in [4.69, 9.17) is 4.74 Å². The van der Waals surface area contributed by atoms with Crippen molar-refractivity contribution in [3.63, 3.8) is 0 Å². The Kier molecular flexibility index (Phi) is 7.11. The van der Waals surface area contributed by atoms with Crippen molar-refractivity contribution in [1.82, 2.24) is 0 Å². The van der Waals surface area contributed by atoms with Crippen molar-refractivity contribution in [1.29, 1.82) is 0 Å². The Labute approximate surface area is 140 Å². The molecule has 3 unspecified atom stereocenters. The molecule has 0 aromatic rings. The molecule has 0 N–H and O–H groups in total. The van der Waals surface area contributed by atoms with E-state index >= 15 is 0 Å². The van der Waals surface area contributed by atoms with Crippen molar-refractivity contribution in [3.05, 3.63) is 0 Å². The van der Waals surface area contributed by atoms with Crippen LogP contribution >= 0.6 is 0 Å². The van der Waals surface area contributed by atoms with Crippen molar-refractivity contribution in [2.24, 2.45) is 5.92 Å². The summed E-state index contributed by atoms with van der Waals surface area (Å²) < 4.78 is 117. The summed E-state index contributed by atoms with van der Waals surface area (Å²) in [5.41, 5.74) is -8.99. The van der Waals surface area contributed by atoms with Gasteiger partial charge in [0, 0.05) is 12.5 Å². The van der Waals surface area contributed by atoms with Crippen LogP contribution in [0.1, 0.15) is 46.0 Å². The molecule has 0 aliphatic heterocycles. The Morgan fingerprint density at radius 2 is 1.68 bits per heavy atom. The second-order valence-corrected chi connectivity index (χ2v) is 6.30. The summed E-state index contributed by atoms with van der Waals surface area (Å²) in [7, 11) is 0. The molecule has 0 spiro atoms. The van der Waals surface area contributed by atoms with Crippen LogP contribution in [0.15, 0.2) is 0 Å². The third kappa shape index (κ3) is 3.74. The first kappa shape index (κ1) is 22.4. The first-order valence-corrected chi connectivity index (χ1v) is 8.01. The van der Waals surface area contributed by atoms with Crippen molar-refractivity contribution in [2.45, 2.75) is 75.7 Å². The Balaban J connectivity index is 2.91. The van der Waals surface area contributed by atoms with Gasteiger partial charge >= 0.3 is 12.1 Å². The van der Waals surface area contributed by atoms with Crippen LogP contribution in [0.3, 0.4) is 0 Å². The van der Waals surface area contributed by atoms with Gasteiger partial charge in [-0.25, -0.2) is 13.2 Å². The zero-order chi connectivity index (χ0) is 19.5. The molecule has 1 aliphatic carbocycles. The van der Waals surface area contributed by atoms with Crippen LogP contribution in [0.2, 0.25) is 0 Å². The Morgan fingerprint density at radius 3 is 2.12 bits per heavy atom. The molecule has 150 valence electrons. The number of alkyl halides is 8. The highest BCUT2D eigenvalue weighted by molar-refractivity contribution is 5.20. The fraction of sp³-hybridized carbons (Fsp3) is 1.00. The van der Waals surface area contributed by atoms with E-state index < -0.39 is 48.9 Å². The fourth-order valence-electron chi connectivity index (χ4n) is 3.04. The van der Waals surface area contributed by atoms with Crippen LogP contribution in [-0.2, 0) is 9.47 Å². The number of unbranched alkanes of at least 4 members (excludes halogenated alkanes) is 3. The molecule has 1 saturated carbocycles. The molecular formula is C15H22F8O2. The molecular weight excluding hydrogens is 364 g/mol. The van der Waals surface area contributed by atoms with Gasteiger partial charge in [-0.3, -0.25) is 0 Å². The normalized spacial score (nSPS) is 32.5. The number of halogens is 8. The van der Waals surface area contributed by atoms with Crippen molar-refractivity contribution >= 4 is 0 Å². The third-order valence-corrected chi connectivity index (χ3v) is 4.61. The zero-order valence-corrected chi connectivity index (χ0v) is 13.9. The maximum atomic E-state index is 14.2. The summed E-state index contributed by atoms with van der Waals surface area (Å²) in [5, 5.41) is 0. The van der Waals surface area contributed by atoms with Crippen LogP contribution in [0.25, 0.3) is 0 Å². The Bertz CT molecular complexity index is 428. The monoisotopic (exact) mass is 386 g/mol. The standard InChI is InChI=1S/C15H22F8O2/c1-3-4-5-6-7-24-9-25-12(15(21,22)23)8-10(2)13(18,11(16)17)14(12,19)20/h10-11H,3-9H2,1-2H3. The minimum Gasteiger partial charge on any atom is -0.355 e. The average Bonchev–Trinajstić information content (AvgIpc) is 2.65. The lowest BCUT2D eigenvalue weighted by molar-refractivity contribution is -0.371. The summed E-state index contributed by atoms with van der Waals surface area (Å²) in [6.45, 7) is 1.30. The molecule has 25 heavy (non-hydrogen) atoms. The number of hydrogen-bond acceptors (Lipinski definition) is 2. The average molecular weight is 386 g/mol. The quantitative estimate of drug-likeness (QED) is 0.296. The van der Waals surface area contributed by atoms with Gasteiger partial charge in [0.2, 0.25) is 11.3 Å². The maximum absolute atomic E-state index is 14.2. The molecule has 0 radical (unpaired) electrons. The van der Waals surface area contributed by atoms with Gasteiger partial charge in [-0.2, -0.15) is 22.0 Å².